The fourth-order valence-corrected chi connectivity index (χ4v) is 1.99. The molecular formula is C15H21NO2. The van der Waals surface area contributed by atoms with Crippen LogP contribution in [0, 0.1) is 6.92 Å². The third-order valence-electron chi connectivity index (χ3n) is 3.23. The van der Waals surface area contributed by atoms with Crippen molar-refractivity contribution in [3.8, 4) is 5.75 Å². The van der Waals surface area contributed by atoms with Crippen LogP contribution in [0.25, 0.3) is 0 Å². The number of hydrogen-bond acceptors (Lipinski definition) is 3. The van der Waals surface area contributed by atoms with Gasteiger partial charge in [-0.25, -0.2) is 0 Å². The van der Waals surface area contributed by atoms with Crippen molar-refractivity contribution < 1.29 is 9.90 Å². The summed E-state index contributed by atoms with van der Waals surface area (Å²) >= 11 is 0. The van der Waals surface area contributed by atoms with Crippen LogP contribution in [0.3, 0.4) is 0 Å². The molecular weight excluding hydrogens is 226 g/mol. The predicted molar refractivity (Wildman–Crippen MR) is 74.0 cm³/mol. The van der Waals surface area contributed by atoms with Crippen molar-refractivity contribution in [3.63, 3.8) is 0 Å². The molecule has 0 unspecified atom stereocenters. The highest BCUT2D eigenvalue weighted by molar-refractivity contribution is 6.07. The second-order valence-electron chi connectivity index (χ2n) is 4.28. The van der Waals surface area contributed by atoms with Crippen LogP contribution in [-0.2, 0) is 6.54 Å². The number of allylic oxidation sites excluding steroid dienone is 1. The fraction of sp³-hybridized carbons (Fsp3) is 0.400. The standard InChI is InChI=1S/C15H21NO2/c1-5-13(17)15-12(10-16(6-2)7-3)11(4)8-9-14(15)18/h5,8-9,18H,1,6-7,10H2,2-4H3. The van der Waals surface area contributed by atoms with Crippen molar-refractivity contribution in [1.29, 1.82) is 0 Å². The van der Waals surface area contributed by atoms with E-state index >= 15 is 0 Å². The van der Waals surface area contributed by atoms with E-state index in [0.717, 1.165) is 24.2 Å². The van der Waals surface area contributed by atoms with Crippen LogP contribution in [0.2, 0.25) is 0 Å². The number of carbonyl (C=O) groups excluding carboxylic acids is 1. The molecule has 0 amide bonds. The SMILES string of the molecule is C=CC(=O)c1c(O)ccc(C)c1CN(CC)CC. The molecule has 0 radical (unpaired) electrons. The van der Waals surface area contributed by atoms with Crippen molar-refractivity contribution >= 4 is 5.78 Å². The Balaban J connectivity index is 3.27. The number of ketones is 1. The lowest BCUT2D eigenvalue weighted by Gasteiger charge is -2.21. The van der Waals surface area contributed by atoms with Gasteiger partial charge in [-0.3, -0.25) is 9.69 Å². The summed E-state index contributed by atoms with van der Waals surface area (Å²) in [6.45, 7) is 12.1. The molecule has 1 aromatic rings. The minimum atomic E-state index is -0.224. The molecule has 98 valence electrons. The number of nitrogens with zero attached hydrogens (tertiary/aromatic N) is 1. The highest BCUT2D eigenvalue weighted by Gasteiger charge is 2.17. The van der Waals surface area contributed by atoms with Crippen molar-refractivity contribution in [2.45, 2.75) is 27.3 Å². The van der Waals surface area contributed by atoms with Crippen LogP contribution in [0.15, 0.2) is 24.8 Å². The number of phenolic OH excluding ortho intramolecular Hbond substituents is 1. The van der Waals surface area contributed by atoms with Gasteiger partial charge in [-0.15, -0.1) is 0 Å². The molecule has 0 fully saturated rings. The van der Waals surface area contributed by atoms with Gasteiger partial charge in [0.05, 0.1) is 5.56 Å². The van der Waals surface area contributed by atoms with Crippen LogP contribution in [0.5, 0.6) is 5.75 Å². The normalized spacial score (nSPS) is 10.7. The Morgan fingerprint density at radius 1 is 1.39 bits per heavy atom. The third-order valence-corrected chi connectivity index (χ3v) is 3.23. The molecule has 0 atom stereocenters. The minimum Gasteiger partial charge on any atom is -0.507 e. The molecule has 1 rings (SSSR count). The molecule has 0 aliphatic rings. The highest BCUT2D eigenvalue weighted by Crippen LogP contribution is 2.26. The zero-order chi connectivity index (χ0) is 13.7. The second kappa shape index (κ2) is 6.36. The summed E-state index contributed by atoms with van der Waals surface area (Å²) in [7, 11) is 0. The van der Waals surface area contributed by atoms with Crippen molar-refractivity contribution in [1.82, 2.24) is 4.90 Å². The molecule has 18 heavy (non-hydrogen) atoms. The van der Waals surface area contributed by atoms with E-state index in [1.165, 1.54) is 6.08 Å². The van der Waals surface area contributed by atoms with E-state index in [4.69, 9.17) is 0 Å². The van der Waals surface area contributed by atoms with Gasteiger partial charge in [0.15, 0.2) is 5.78 Å². The smallest absolute Gasteiger partial charge is 0.189 e. The quantitative estimate of drug-likeness (QED) is 0.620. The maximum atomic E-state index is 11.9. The van der Waals surface area contributed by atoms with Crippen LogP contribution < -0.4 is 0 Å². The summed E-state index contributed by atoms with van der Waals surface area (Å²) in [4.78, 5) is 14.1. The Bertz CT molecular complexity index is 448. The van der Waals surface area contributed by atoms with Crippen molar-refractivity contribution in [3.05, 3.63) is 41.5 Å². The Hall–Kier alpha value is -1.61. The lowest BCUT2D eigenvalue weighted by molar-refractivity contribution is 0.104. The molecule has 0 spiro atoms. The summed E-state index contributed by atoms with van der Waals surface area (Å²) in [5.74, 6) is -0.189. The summed E-state index contributed by atoms with van der Waals surface area (Å²) in [5, 5.41) is 9.89. The zero-order valence-electron chi connectivity index (χ0n) is 11.4. The van der Waals surface area contributed by atoms with E-state index < -0.39 is 0 Å². The Morgan fingerprint density at radius 2 is 2.00 bits per heavy atom. The fourth-order valence-electron chi connectivity index (χ4n) is 1.99. The molecule has 1 aromatic carbocycles. The highest BCUT2D eigenvalue weighted by atomic mass is 16.3. The summed E-state index contributed by atoms with van der Waals surface area (Å²) < 4.78 is 0. The van der Waals surface area contributed by atoms with Crippen LogP contribution >= 0.6 is 0 Å². The van der Waals surface area contributed by atoms with Gasteiger partial charge in [-0.05, 0) is 43.3 Å². The largest absolute Gasteiger partial charge is 0.507 e. The summed E-state index contributed by atoms with van der Waals surface area (Å²) in [6, 6.07) is 3.41. The van der Waals surface area contributed by atoms with Gasteiger partial charge in [0.1, 0.15) is 5.75 Å². The second-order valence-corrected chi connectivity index (χ2v) is 4.28. The lowest BCUT2D eigenvalue weighted by Crippen LogP contribution is -2.24. The first kappa shape index (κ1) is 14.5. The first-order valence-electron chi connectivity index (χ1n) is 6.25. The molecule has 0 heterocycles. The molecule has 0 aliphatic heterocycles. The number of aromatic hydroxyl groups is 1. The average molecular weight is 247 g/mol. The average Bonchev–Trinajstić information content (AvgIpc) is 2.38. The first-order chi connectivity index (χ1) is 8.54. The van der Waals surface area contributed by atoms with Gasteiger partial charge in [0, 0.05) is 6.54 Å². The van der Waals surface area contributed by atoms with Gasteiger partial charge < -0.3 is 5.11 Å². The van der Waals surface area contributed by atoms with E-state index in [0.29, 0.717) is 12.1 Å². The number of aryl methyl sites for hydroxylation is 1. The Labute approximate surface area is 109 Å². The first-order valence-corrected chi connectivity index (χ1v) is 6.25. The van der Waals surface area contributed by atoms with Gasteiger partial charge in [-0.2, -0.15) is 0 Å². The maximum absolute atomic E-state index is 11.9. The van der Waals surface area contributed by atoms with Crippen LogP contribution in [0.1, 0.15) is 35.3 Å². The number of carbonyl (C=O) groups is 1. The van der Waals surface area contributed by atoms with Gasteiger partial charge >= 0.3 is 0 Å². The Morgan fingerprint density at radius 3 is 2.50 bits per heavy atom. The van der Waals surface area contributed by atoms with Gasteiger partial charge in [0.25, 0.3) is 0 Å². The Kier molecular flexibility index (Phi) is 5.10. The van der Waals surface area contributed by atoms with Gasteiger partial charge in [0.2, 0.25) is 0 Å². The monoisotopic (exact) mass is 247 g/mol. The molecule has 0 aromatic heterocycles. The van der Waals surface area contributed by atoms with E-state index in [9.17, 15) is 9.90 Å². The molecule has 3 heteroatoms. The predicted octanol–water partition coefficient (Wildman–Crippen LogP) is 2.91. The number of phenols is 1. The van der Waals surface area contributed by atoms with Crippen LogP contribution in [-0.4, -0.2) is 28.9 Å². The van der Waals surface area contributed by atoms with E-state index in [1.807, 2.05) is 13.0 Å². The zero-order valence-corrected chi connectivity index (χ0v) is 11.4. The molecule has 3 nitrogen and oxygen atoms in total. The van der Waals surface area contributed by atoms with Gasteiger partial charge in [-0.1, -0.05) is 26.5 Å². The maximum Gasteiger partial charge on any atom is 0.189 e. The number of rotatable bonds is 6. The topological polar surface area (TPSA) is 40.5 Å². The third kappa shape index (κ3) is 2.99. The van der Waals surface area contributed by atoms with E-state index in [1.54, 1.807) is 6.07 Å². The van der Waals surface area contributed by atoms with Crippen molar-refractivity contribution in [2.75, 3.05) is 13.1 Å². The lowest BCUT2D eigenvalue weighted by atomic mass is 9.97. The molecule has 0 saturated heterocycles. The molecule has 0 saturated carbocycles. The summed E-state index contributed by atoms with van der Waals surface area (Å²) in [5.41, 5.74) is 2.30. The van der Waals surface area contributed by atoms with Crippen molar-refractivity contribution in [2.24, 2.45) is 0 Å². The molecule has 0 bridgehead atoms. The summed E-state index contributed by atoms with van der Waals surface area (Å²) in [6.07, 6.45) is 1.25. The minimum absolute atomic E-state index is 0.0349. The van der Waals surface area contributed by atoms with E-state index in [2.05, 4.69) is 25.3 Å². The number of hydrogen-bond donors (Lipinski definition) is 1. The van der Waals surface area contributed by atoms with E-state index in [-0.39, 0.29) is 11.5 Å². The molecule has 0 aliphatic carbocycles. The van der Waals surface area contributed by atoms with Crippen LogP contribution in [0.4, 0.5) is 0 Å². The number of benzene rings is 1. The molecule has 1 N–H and O–H groups in total.